The minimum Gasteiger partial charge on any atom is -0.465 e. The summed E-state index contributed by atoms with van der Waals surface area (Å²) in [4.78, 5) is 32.8. The van der Waals surface area contributed by atoms with E-state index in [1.165, 1.54) is 18.4 Å². The molecule has 2 aromatic rings. The fraction of sp³-hybridized carbons (Fsp3) is 0.455. The van der Waals surface area contributed by atoms with Crippen molar-refractivity contribution >= 4 is 17.4 Å². The number of piperazine rings is 1. The lowest BCUT2D eigenvalue weighted by atomic mass is 10.0. The van der Waals surface area contributed by atoms with Crippen LogP contribution in [0.15, 0.2) is 24.3 Å². The van der Waals surface area contributed by atoms with Crippen molar-refractivity contribution in [1.82, 2.24) is 9.88 Å². The quantitative estimate of drug-likeness (QED) is 0.635. The number of H-pyrrole nitrogens is 1. The molecule has 0 saturated carbocycles. The SMILES string of the molecule is COC(=O)c1c(C)[nH]c(C(=O)[C@@H](C)N2CCN(c3ccccc3C)CC2)c1C. The fourth-order valence-corrected chi connectivity index (χ4v) is 4.05. The van der Waals surface area contributed by atoms with Crippen molar-refractivity contribution in [3.63, 3.8) is 0 Å². The molecule has 1 N–H and O–H groups in total. The van der Waals surface area contributed by atoms with E-state index in [1.807, 2.05) is 6.92 Å². The number of aromatic nitrogens is 1. The molecule has 1 saturated heterocycles. The Kier molecular flexibility index (Phi) is 5.89. The Labute approximate surface area is 166 Å². The summed E-state index contributed by atoms with van der Waals surface area (Å²) in [5.74, 6) is -0.398. The monoisotopic (exact) mass is 383 g/mol. The maximum Gasteiger partial charge on any atom is 0.339 e. The second-order valence-corrected chi connectivity index (χ2v) is 7.47. The van der Waals surface area contributed by atoms with Gasteiger partial charge in [0.15, 0.2) is 5.78 Å². The van der Waals surface area contributed by atoms with Crippen LogP contribution >= 0.6 is 0 Å². The average molecular weight is 383 g/mol. The van der Waals surface area contributed by atoms with Crippen LogP contribution in [0.25, 0.3) is 0 Å². The van der Waals surface area contributed by atoms with Gasteiger partial charge in [0.2, 0.25) is 0 Å². The first kappa shape index (κ1) is 20.1. The lowest BCUT2D eigenvalue weighted by Crippen LogP contribution is -2.52. The zero-order valence-electron chi connectivity index (χ0n) is 17.3. The lowest BCUT2D eigenvalue weighted by Gasteiger charge is -2.39. The lowest BCUT2D eigenvalue weighted by molar-refractivity contribution is 0.0599. The van der Waals surface area contributed by atoms with Crippen molar-refractivity contribution < 1.29 is 14.3 Å². The third-order valence-corrected chi connectivity index (χ3v) is 5.77. The number of aryl methyl sites for hydroxylation is 2. The third kappa shape index (κ3) is 3.69. The van der Waals surface area contributed by atoms with E-state index in [9.17, 15) is 9.59 Å². The van der Waals surface area contributed by atoms with E-state index in [2.05, 4.69) is 46.0 Å². The number of nitrogens with one attached hydrogen (secondary N) is 1. The van der Waals surface area contributed by atoms with Crippen LogP contribution < -0.4 is 4.90 Å². The highest BCUT2D eigenvalue weighted by Crippen LogP contribution is 2.24. The largest absolute Gasteiger partial charge is 0.465 e. The molecule has 0 amide bonds. The number of ether oxygens (including phenoxy) is 1. The maximum atomic E-state index is 13.1. The van der Waals surface area contributed by atoms with Gasteiger partial charge in [-0.25, -0.2) is 4.79 Å². The molecule has 1 fully saturated rings. The summed E-state index contributed by atoms with van der Waals surface area (Å²) in [5, 5.41) is 0. The standard InChI is InChI=1S/C22H29N3O3/c1-14-8-6-7-9-18(14)25-12-10-24(11-13-25)17(4)21(26)20-15(2)19(16(3)23-20)22(27)28-5/h6-9,17,23H,10-13H2,1-5H3/t17-/m1/s1. The molecule has 3 rings (SSSR count). The van der Waals surface area contributed by atoms with Crippen LogP contribution in [-0.2, 0) is 4.74 Å². The number of anilines is 1. The number of carbonyl (C=O) groups is 2. The van der Waals surface area contributed by atoms with E-state index >= 15 is 0 Å². The number of hydrogen-bond donors (Lipinski definition) is 1. The molecule has 2 heterocycles. The molecular weight excluding hydrogens is 354 g/mol. The maximum absolute atomic E-state index is 13.1. The highest BCUT2D eigenvalue weighted by atomic mass is 16.5. The molecule has 1 aromatic carbocycles. The van der Waals surface area contributed by atoms with Gasteiger partial charge < -0.3 is 14.6 Å². The summed E-state index contributed by atoms with van der Waals surface area (Å²) in [6.45, 7) is 11.1. The number of carbonyl (C=O) groups excluding carboxylic acids is 2. The first-order valence-corrected chi connectivity index (χ1v) is 9.71. The number of hydrogen-bond acceptors (Lipinski definition) is 5. The van der Waals surface area contributed by atoms with Gasteiger partial charge in [-0.1, -0.05) is 18.2 Å². The average Bonchev–Trinajstić information content (AvgIpc) is 3.01. The number of esters is 1. The Morgan fingerprint density at radius 2 is 1.71 bits per heavy atom. The van der Waals surface area contributed by atoms with Gasteiger partial charge in [-0.2, -0.15) is 0 Å². The van der Waals surface area contributed by atoms with Gasteiger partial charge in [0.25, 0.3) is 0 Å². The summed E-state index contributed by atoms with van der Waals surface area (Å²) < 4.78 is 4.85. The summed E-state index contributed by atoms with van der Waals surface area (Å²) in [5.41, 5.74) is 4.84. The van der Waals surface area contributed by atoms with Gasteiger partial charge in [-0.05, 0) is 44.9 Å². The Bertz CT molecular complexity index is 879. The molecule has 1 atom stereocenters. The van der Waals surface area contributed by atoms with Crippen molar-refractivity contribution in [2.75, 3.05) is 38.2 Å². The predicted octanol–water partition coefficient (Wildman–Crippen LogP) is 3.12. The van der Waals surface area contributed by atoms with Crippen LogP contribution in [-0.4, -0.2) is 61.0 Å². The molecule has 6 heteroatoms. The van der Waals surface area contributed by atoms with Gasteiger partial charge >= 0.3 is 5.97 Å². The summed E-state index contributed by atoms with van der Waals surface area (Å²) in [7, 11) is 1.35. The normalized spacial score (nSPS) is 16.1. The van der Waals surface area contributed by atoms with Crippen LogP contribution in [0.5, 0.6) is 0 Å². The number of rotatable bonds is 5. The first-order valence-electron chi connectivity index (χ1n) is 9.71. The Hall–Kier alpha value is -2.60. The van der Waals surface area contributed by atoms with Crippen LogP contribution in [0.4, 0.5) is 5.69 Å². The van der Waals surface area contributed by atoms with Gasteiger partial charge in [-0.15, -0.1) is 0 Å². The molecule has 6 nitrogen and oxygen atoms in total. The molecule has 150 valence electrons. The summed E-state index contributed by atoms with van der Waals surface area (Å²) in [6, 6.07) is 8.15. The number of Topliss-reactive ketones (excluding diaryl/α,β-unsaturated/α-hetero) is 1. The van der Waals surface area contributed by atoms with E-state index in [0.717, 1.165) is 26.2 Å². The molecule has 0 radical (unpaired) electrons. The van der Waals surface area contributed by atoms with Crippen LogP contribution in [0.3, 0.4) is 0 Å². The van der Waals surface area contributed by atoms with Crippen molar-refractivity contribution in [3.05, 3.63) is 52.3 Å². The topological polar surface area (TPSA) is 65.6 Å². The number of para-hydroxylation sites is 1. The molecular formula is C22H29N3O3. The second kappa shape index (κ2) is 8.19. The predicted molar refractivity (Wildman–Crippen MR) is 110 cm³/mol. The second-order valence-electron chi connectivity index (χ2n) is 7.47. The Morgan fingerprint density at radius 1 is 1.07 bits per heavy atom. The van der Waals surface area contributed by atoms with Gasteiger partial charge in [0, 0.05) is 37.6 Å². The van der Waals surface area contributed by atoms with E-state index < -0.39 is 5.97 Å². The molecule has 1 aromatic heterocycles. The van der Waals surface area contributed by atoms with Crippen molar-refractivity contribution in [2.24, 2.45) is 0 Å². The zero-order valence-corrected chi connectivity index (χ0v) is 17.3. The van der Waals surface area contributed by atoms with E-state index in [0.29, 0.717) is 22.5 Å². The van der Waals surface area contributed by atoms with E-state index in [4.69, 9.17) is 4.74 Å². The molecule has 28 heavy (non-hydrogen) atoms. The fourth-order valence-electron chi connectivity index (χ4n) is 4.05. The van der Waals surface area contributed by atoms with Gasteiger partial charge in [0.1, 0.15) is 0 Å². The zero-order chi connectivity index (χ0) is 20.4. The van der Waals surface area contributed by atoms with Gasteiger partial charge in [-0.3, -0.25) is 9.69 Å². The van der Waals surface area contributed by atoms with Crippen LogP contribution in [0.2, 0.25) is 0 Å². The molecule has 0 unspecified atom stereocenters. The number of nitrogens with zero attached hydrogens (tertiary/aromatic N) is 2. The molecule has 0 bridgehead atoms. The third-order valence-electron chi connectivity index (χ3n) is 5.77. The molecule has 0 spiro atoms. The van der Waals surface area contributed by atoms with Crippen molar-refractivity contribution in [2.45, 2.75) is 33.7 Å². The summed E-state index contributed by atoms with van der Waals surface area (Å²) >= 11 is 0. The molecule has 0 aliphatic carbocycles. The number of benzene rings is 1. The highest BCUT2D eigenvalue weighted by Gasteiger charge is 2.30. The van der Waals surface area contributed by atoms with Crippen LogP contribution in [0.1, 0.15) is 44.6 Å². The molecule has 1 aliphatic heterocycles. The minimum absolute atomic E-state index is 0.0140. The first-order chi connectivity index (χ1) is 13.3. The van der Waals surface area contributed by atoms with Gasteiger partial charge in [0.05, 0.1) is 24.4 Å². The van der Waals surface area contributed by atoms with Crippen LogP contribution in [0, 0.1) is 20.8 Å². The number of aromatic amines is 1. The Balaban J connectivity index is 1.70. The minimum atomic E-state index is -0.412. The number of ketones is 1. The molecule has 1 aliphatic rings. The van der Waals surface area contributed by atoms with Crippen molar-refractivity contribution in [3.8, 4) is 0 Å². The Morgan fingerprint density at radius 3 is 2.32 bits per heavy atom. The highest BCUT2D eigenvalue weighted by molar-refractivity contribution is 6.03. The number of methoxy groups -OCH3 is 1. The smallest absolute Gasteiger partial charge is 0.339 e. The van der Waals surface area contributed by atoms with Crippen molar-refractivity contribution in [1.29, 1.82) is 0 Å². The summed E-state index contributed by atoms with van der Waals surface area (Å²) in [6.07, 6.45) is 0. The van der Waals surface area contributed by atoms with E-state index in [-0.39, 0.29) is 11.8 Å². The van der Waals surface area contributed by atoms with E-state index in [1.54, 1.807) is 13.8 Å².